The number of hydrogen-bond acceptors (Lipinski definition) is 3. The van der Waals surface area contributed by atoms with Gasteiger partial charge in [0.05, 0.1) is 20.5 Å². The Bertz CT molecular complexity index is 360. The van der Waals surface area contributed by atoms with E-state index in [2.05, 4.69) is 47.8 Å². The Hall–Kier alpha value is -0.140. The quantitative estimate of drug-likeness (QED) is 0.435. The molecule has 0 fully saturated rings. The molecule has 0 N–H and O–H groups in total. The number of alkyl halides is 1. The average Bonchev–Trinajstić information content (AvgIpc) is 2.16. The maximum Gasteiger partial charge on any atom is 0.271 e. The van der Waals surface area contributed by atoms with Crippen LogP contribution >= 0.6 is 47.8 Å². The maximum absolute atomic E-state index is 10.5. The average molecular weight is 404 g/mol. The van der Waals surface area contributed by atoms with Gasteiger partial charge < -0.3 is 4.74 Å². The first-order chi connectivity index (χ1) is 7.06. The number of hydrogen-bond donors (Lipinski definition) is 0. The topological polar surface area (TPSA) is 52.4 Å². The summed E-state index contributed by atoms with van der Waals surface area (Å²) < 4.78 is 6.51. The van der Waals surface area contributed by atoms with E-state index in [4.69, 9.17) is 4.74 Å². The molecule has 0 spiro atoms. The van der Waals surface area contributed by atoms with Crippen molar-refractivity contribution in [2.45, 2.75) is 0 Å². The van der Waals surface area contributed by atoms with Gasteiger partial charge in [0, 0.05) is 17.5 Å². The van der Waals surface area contributed by atoms with Crippen LogP contribution in [-0.2, 0) is 0 Å². The van der Waals surface area contributed by atoms with Crippen LogP contribution in [-0.4, -0.2) is 16.9 Å². The third-order valence-corrected chi connectivity index (χ3v) is 3.02. The van der Waals surface area contributed by atoms with E-state index in [1.807, 2.05) is 0 Å². The minimum Gasteiger partial charge on any atom is -0.490 e. The monoisotopic (exact) mass is 401 g/mol. The Labute approximate surface area is 112 Å². The van der Waals surface area contributed by atoms with Crippen LogP contribution in [0.1, 0.15) is 0 Å². The van der Waals surface area contributed by atoms with Crippen LogP contribution in [0.15, 0.2) is 21.1 Å². The molecule has 1 aromatic rings. The Morgan fingerprint density at radius 2 is 1.87 bits per heavy atom. The second kappa shape index (κ2) is 5.81. The summed E-state index contributed by atoms with van der Waals surface area (Å²) in [4.78, 5) is 10.1. The molecule has 7 heteroatoms. The predicted molar refractivity (Wildman–Crippen MR) is 67.8 cm³/mol. The molecule has 0 amide bonds. The van der Waals surface area contributed by atoms with Crippen LogP contribution in [0.5, 0.6) is 5.75 Å². The molecule has 0 aliphatic heterocycles. The molecular formula is C8H6Br3NO3. The van der Waals surface area contributed by atoms with Gasteiger partial charge >= 0.3 is 0 Å². The second-order valence-corrected chi connectivity index (χ2v) is 5.03. The van der Waals surface area contributed by atoms with E-state index in [-0.39, 0.29) is 5.69 Å². The Morgan fingerprint density at radius 1 is 1.33 bits per heavy atom. The van der Waals surface area contributed by atoms with E-state index in [9.17, 15) is 10.1 Å². The zero-order valence-corrected chi connectivity index (χ0v) is 12.1. The van der Waals surface area contributed by atoms with Crippen LogP contribution in [0.25, 0.3) is 0 Å². The lowest BCUT2D eigenvalue weighted by Gasteiger charge is -2.08. The highest BCUT2D eigenvalue weighted by atomic mass is 79.9. The lowest BCUT2D eigenvalue weighted by molar-refractivity contribution is -0.385. The van der Waals surface area contributed by atoms with E-state index in [1.54, 1.807) is 0 Å². The van der Waals surface area contributed by atoms with Crippen LogP contribution < -0.4 is 4.74 Å². The fraction of sp³-hybridized carbons (Fsp3) is 0.250. The van der Waals surface area contributed by atoms with Crippen molar-refractivity contribution in [2.24, 2.45) is 0 Å². The fourth-order valence-electron chi connectivity index (χ4n) is 0.930. The van der Waals surface area contributed by atoms with Crippen molar-refractivity contribution in [1.82, 2.24) is 0 Å². The molecule has 1 aromatic carbocycles. The highest BCUT2D eigenvalue weighted by Gasteiger charge is 2.14. The number of non-ortho nitro benzene ring substituents is 1. The largest absolute Gasteiger partial charge is 0.490 e. The first-order valence-electron chi connectivity index (χ1n) is 3.88. The summed E-state index contributed by atoms with van der Waals surface area (Å²) in [5.74, 6) is 0.569. The van der Waals surface area contributed by atoms with Crippen molar-refractivity contribution in [3.8, 4) is 5.75 Å². The summed E-state index contributed by atoms with van der Waals surface area (Å²) in [5.41, 5.74) is 0.0138. The summed E-state index contributed by atoms with van der Waals surface area (Å²) in [6.45, 7) is 0.495. The van der Waals surface area contributed by atoms with Gasteiger partial charge in [-0.15, -0.1) is 0 Å². The molecular weight excluding hydrogens is 398 g/mol. The first kappa shape index (κ1) is 12.9. The molecule has 0 aliphatic rings. The summed E-state index contributed by atoms with van der Waals surface area (Å²) >= 11 is 9.67. The minimum absolute atomic E-state index is 0.0138. The smallest absolute Gasteiger partial charge is 0.271 e. The van der Waals surface area contributed by atoms with Gasteiger partial charge in [0.15, 0.2) is 0 Å². The molecule has 0 heterocycles. The number of nitro groups is 1. The Morgan fingerprint density at radius 3 is 2.27 bits per heavy atom. The molecule has 1 rings (SSSR count). The van der Waals surface area contributed by atoms with Gasteiger partial charge in [-0.2, -0.15) is 0 Å². The van der Waals surface area contributed by atoms with Crippen molar-refractivity contribution < 1.29 is 9.66 Å². The molecule has 0 unspecified atom stereocenters. The van der Waals surface area contributed by atoms with Gasteiger partial charge in [-0.3, -0.25) is 10.1 Å². The number of nitrogens with zero attached hydrogens (tertiary/aromatic N) is 1. The number of halogens is 3. The highest BCUT2D eigenvalue weighted by Crippen LogP contribution is 2.37. The van der Waals surface area contributed by atoms with Gasteiger partial charge in [0.2, 0.25) is 0 Å². The van der Waals surface area contributed by atoms with Crippen molar-refractivity contribution in [1.29, 1.82) is 0 Å². The molecule has 0 radical (unpaired) electrons. The van der Waals surface area contributed by atoms with Gasteiger partial charge in [-0.25, -0.2) is 0 Å². The van der Waals surface area contributed by atoms with E-state index >= 15 is 0 Å². The Balaban J connectivity index is 3.04. The second-order valence-electron chi connectivity index (χ2n) is 2.53. The van der Waals surface area contributed by atoms with E-state index in [1.165, 1.54) is 12.1 Å². The SMILES string of the molecule is O=[N+]([O-])c1cc(Br)c(OCCBr)c(Br)c1. The normalized spacial score (nSPS) is 10.1. The zero-order chi connectivity index (χ0) is 11.4. The number of ether oxygens (including phenoxy) is 1. The van der Waals surface area contributed by atoms with Crippen molar-refractivity contribution in [3.05, 3.63) is 31.2 Å². The molecule has 0 saturated heterocycles. The van der Waals surface area contributed by atoms with Gasteiger partial charge in [0.1, 0.15) is 5.75 Å². The van der Waals surface area contributed by atoms with Gasteiger partial charge in [-0.1, -0.05) is 15.9 Å². The lowest BCUT2D eigenvalue weighted by atomic mass is 10.3. The van der Waals surface area contributed by atoms with Crippen molar-refractivity contribution in [2.75, 3.05) is 11.9 Å². The summed E-state index contributed by atoms with van der Waals surface area (Å²) in [5, 5.41) is 11.2. The van der Waals surface area contributed by atoms with E-state index in [0.29, 0.717) is 26.6 Å². The predicted octanol–water partition coefficient (Wildman–Crippen LogP) is 3.89. The summed E-state index contributed by atoms with van der Waals surface area (Å²) in [6, 6.07) is 2.82. The molecule has 82 valence electrons. The van der Waals surface area contributed by atoms with Crippen LogP contribution in [0.3, 0.4) is 0 Å². The van der Waals surface area contributed by atoms with Crippen LogP contribution in [0.4, 0.5) is 5.69 Å². The zero-order valence-electron chi connectivity index (χ0n) is 7.37. The Kier molecular flexibility index (Phi) is 5.01. The molecule has 4 nitrogen and oxygen atoms in total. The van der Waals surface area contributed by atoms with Crippen molar-refractivity contribution >= 4 is 53.5 Å². The summed E-state index contributed by atoms with van der Waals surface area (Å²) in [6.07, 6.45) is 0. The fourth-order valence-corrected chi connectivity index (χ4v) is 2.48. The van der Waals surface area contributed by atoms with Gasteiger partial charge in [-0.05, 0) is 31.9 Å². The molecule has 0 atom stereocenters. The number of nitro benzene ring substituents is 1. The van der Waals surface area contributed by atoms with Crippen molar-refractivity contribution in [3.63, 3.8) is 0 Å². The van der Waals surface area contributed by atoms with E-state index in [0.717, 1.165) is 0 Å². The van der Waals surface area contributed by atoms with Gasteiger partial charge in [0.25, 0.3) is 5.69 Å². The molecule has 0 bridgehead atoms. The number of benzene rings is 1. The van der Waals surface area contributed by atoms with Crippen LogP contribution in [0.2, 0.25) is 0 Å². The summed E-state index contributed by atoms with van der Waals surface area (Å²) in [7, 11) is 0. The maximum atomic E-state index is 10.5. The van der Waals surface area contributed by atoms with Crippen LogP contribution in [0, 0.1) is 10.1 Å². The third kappa shape index (κ3) is 3.42. The molecule has 0 aromatic heterocycles. The van der Waals surface area contributed by atoms with E-state index < -0.39 is 4.92 Å². The molecule has 15 heavy (non-hydrogen) atoms. The number of rotatable bonds is 4. The molecule has 0 saturated carbocycles. The molecule has 0 aliphatic carbocycles. The standard InChI is InChI=1S/C8H6Br3NO3/c9-1-2-15-8-6(10)3-5(12(13)14)4-7(8)11/h3-4H,1-2H2. The minimum atomic E-state index is -0.455. The first-order valence-corrected chi connectivity index (χ1v) is 6.59. The third-order valence-electron chi connectivity index (χ3n) is 1.52. The lowest BCUT2D eigenvalue weighted by Crippen LogP contribution is -2.00. The highest BCUT2D eigenvalue weighted by molar-refractivity contribution is 9.11.